The Bertz CT molecular complexity index is 1710. The Labute approximate surface area is 283 Å². The Kier molecular flexibility index (Phi) is 10.4. The predicted octanol–water partition coefficient (Wildman–Crippen LogP) is 6.65. The number of nitrogens with two attached hydrogens (primary N) is 1. The average Bonchev–Trinajstić information content (AvgIpc) is 3.05. The van der Waals surface area contributed by atoms with E-state index in [0.29, 0.717) is 74.8 Å². The molecule has 0 aliphatic carbocycles. The Hall–Kier alpha value is -4.78. The number of carbonyl (C=O) groups is 3. The molecule has 0 aromatic heterocycles. The first kappa shape index (κ1) is 35.5. The van der Waals surface area contributed by atoms with E-state index in [-0.39, 0.29) is 29.0 Å². The summed E-state index contributed by atoms with van der Waals surface area (Å²) in [6.45, 7) is 9.64. The summed E-state index contributed by atoms with van der Waals surface area (Å²) in [5.41, 5.74) is 6.59. The van der Waals surface area contributed by atoms with E-state index in [2.05, 4.69) is 5.32 Å². The molecule has 3 aromatic carbocycles. The first-order valence-corrected chi connectivity index (χ1v) is 16.1. The number of hydrogen-bond donors (Lipinski definition) is 2. The van der Waals surface area contributed by atoms with Crippen molar-refractivity contribution in [3.05, 3.63) is 76.9 Å². The van der Waals surface area contributed by atoms with E-state index in [1.165, 1.54) is 6.07 Å². The van der Waals surface area contributed by atoms with Crippen LogP contribution in [0.4, 0.5) is 29.3 Å². The molecule has 10 nitrogen and oxygen atoms in total. The van der Waals surface area contributed by atoms with Gasteiger partial charge < -0.3 is 35.1 Å². The largest absolute Gasteiger partial charge is 0.490 e. The number of morpholine rings is 1. The van der Waals surface area contributed by atoms with Gasteiger partial charge in [0, 0.05) is 61.5 Å². The van der Waals surface area contributed by atoms with E-state index in [1.54, 1.807) is 46.2 Å². The molecule has 2 saturated heterocycles. The maximum Gasteiger partial charge on any atom is 0.416 e. The zero-order valence-electron chi connectivity index (χ0n) is 28.0. The molecule has 3 aromatic rings. The minimum atomic E-state index is -4.66. The fourth-order valence-corrected chi connectivity index (χ4v) is 5.86. The number of hydrogen-bond acceptors (Lipinski definition) is 7. The van der Waals surface area contributed by atoms with E-state index in [0.717, 1.165) is 17.7 Å². The molecule has 0 radical (unpaired) electrons. The number of benzene rings is 3. The van der Waals surface area contributed by atoms with Gasteiger partial charge >= 0.3 is 12.3 Å². The third kappa shape index (κ3) is 8.83. The molecule has 0 bridgehead atoms. The summed E-state index contributed by atoms with van der Waals surface area (Å²) in [6.07, 6.45) is -4.27. The van der Waals surface area contributed by atoms with Gasteiger partial charge in [0.15, 0.2) is 0 Å². The van der Waals surface area contributed by atoms with Crippen LogP contribution in [-0.2, 0) is 15.7 Å². The Morgan fingerprint density at radius 3 is 2.27 bits per heavy atom. The number of carbonyl (C=O) groups excluding carboxylic acids is 3. The summed E-state index contributed by atoms with van der Waals surface area (Å²) in [5, 5.41) is 2.73. The Morgan fingerprint density at radius 1 is 0.939 bits per heavy atom. The van der Waals surface area contributed by atoms with Gasteiger partial charge in [-0.15, -0.1) is 0 Å². The second-order valence-corrected chi connectivity index (χ2v) is 13.2. The van der Waals surface area contributed by atoms with Gasteiger partial charge in [-0.25, -0.2) is 4.79 Å². The number of primary amides is 1. The number of amides is 3. The maximum absolute atomic E-state index is 13.9. The molecule has 0 atom stereocenters. The molecule has 5 rings (SSSR count). The predicted molar refractivity (Wildman–Crippen MR) is 179 cm³/mol. The molecule has 0 spiro atoms. The molecule has 2 aliphatic rings. The standard InChI is InChI=1S/C36H41F3N4O6/c1-22-8-9-25(41-33(45)23-18-24(36(37,38)39)20-26(19-23)42-14-16-47-17-15-42)21-29(22)31-28(32(40)44)6-5-7-30(31)48-27-10-12-43(13-11-27)34(46)49-35(2,3)4/h5-9,18-21,27H,10-17H2,1-4H3,(H2,40,44)(H,41,45). The summed E-state index contributed by atoms with van der Waals surface area (Å²) in [6, 6.07) is 13.3. The zero-order chi connectivity index (χ0) is 35.5. The zero-order valence-corrected chi connectivity index (χ0v) is 28.0. The SMILES string of the molecule is Cc1ccc(NC(=O)c2cc(N3CCOCC3)cc(C(F)(F)F)c2)cc1-c1c(OC2CCN(C(=O)OC(C)(C)C)CC2)cccc1C(N)=O. The van der Waals surface area contributed by atoms with Crippen molar-refractivity contribution in [2.45, 2.75) is 58.4 Å². The maximum atomic E-state index is 13.9. The topological polar surface area (TPSA) is 123 Å². The Balaban J connectivity index is 1.41. The smallest absolute Gasteiger partial charge is 0.416 e. The minimum Gasteiger partial charge on any atom is -0.490 e. The summed E-state index contributed by atoms with van der Waals surface area (Å²) in [7, 11) is 0. The van der Waals surface area contributed by atoms with E-state index < -0.39 is 29.2 Å². The van der Waals surface area contributed by atoms with Gasteiger partial charge in [-0.1, -0.05) is 12.1 Å². The number of rotatable bonds is 7. The monoisotopic (exact) mass is 682 g/mol. The molecule has 0 saturated carbocycles. The van der Waals surface area contributed by atoms with Crippen LogP contribution in [0.1, 0.15) is 65.5 Å². The summed E-state index contributed by atoms with van der Waals surface area (Å²) >= 11 is 0. The number of likely N-dealkylation sites (tertiary alicyclic amines) is 1. The van der Waals surface area contributed by atoms with E-state index >= 15 is 0 Å². The molecule has 262 valence electrons. The van der Waals surface area contributed by atoms with Gasteiger partial charge in [0.05, 0.1) is 24.3 Å². The van der Waals surface area contributed by atoms with Crippen molar-refractivity contribution < 1.29 is 41.8 Å². The van der Waals surface area contributed by atoms with Gasteiger partial charge in [0.25, 0.3) is 5.91 Å². The number of aryl methyl sites for hydroxylation is 1. The highest BCUT2D eigenvalue weighted by Crippen LogP contribution is 2.39. The minimum absolute atomic E-state index is 0.155. The summed E-state index contributed by atoms with van der Waals surface area (Å²) in [5.74, 6) is -1.02. The molecular weight excluding hydrogens is 641 g/mol. The highest BCUT2D eigenvalue weighted by atomic mass is 19.4. The van der Waals surface area contributed by atoms with Crippen LogP contribution >= 0.6 is 0 Å². The number of piperidine rings is 1. The summed E-state index contributed by atoms with van der Waals surface area (Å²) in [4.78, 5) is 42.0. The fourth-order valence-electron chi connectivity index (χ4n) is 5.86. The van der Waals surface area contributed by atoms with Crippen LogP contribution in [-0.4, -0.2) is 73.9 Å². The molecule has 49 heavy (non-hydrogen) atoms. The number of anilines is 2. The highest BCUT2D eigenvalue weighted by molar-refractivity contribution is 6.06. The van der Waals surface area contributed by atoms with Gasteiger partial charge in [-0.2, -0.15) is 13.2 Å². The fraction of sp³-hybridized carbons (Fsp3) is 0.417. The number of nitrogens with one attached hydrogen (secondary N) is 1. The molecule has 3 amide bonds. The van der Waals surface area contributed by atoms with E-state index in [4.69, 9.17) is 19.9 Å². The van der Waals surface area contributed by atoms with Crippen LogP contribution in [0, 0.1) is 6.92 Å². The van der Waals surface area contributed by atoms with Gasteiger partial charge in [-0.05, 0) is 81.3 Å². The third-order valence-corrected chi connectivity index (χ3v) is 8.33. The van der Waals surface area contributed by atoms with Crippen molar-refractivity contribution >= 4 is 29.3 Å². The molecule has 0 unspecified atom stereocenters. The molecule has 13 heteroatoms. The van der Waals surface area contributed by atoms with Crippen LogP contribution < -0.4 is 20.7 Å². The molecule has 2 aliphatic heterocycles. The lowest BCUT2D eigenvalue weighted by atomic mass is 9.93. The summed E-state index contributed by atoms with van der Waals surface area (Å²) < 4.78 is 58.9. The second-order valence-electron chi connectivity index (χ2n) is 13.2. The van der Waals surface area contributed by atoms with Crippen molar-refractivity contribution in [2.75, 3.05) is 49.6 Å². The normalized spacial score (nSPS) is 15.9. The Morgan fingerprint density at radius 2 is 1.63 bits per heavy atom. The van der Waals surface area contributed by atoms with Crippen molar-refractivity contribution in [3.63, 3.8) is 0 Å². The lowest BCUT2D eigenvalue weighted by molar-refractivity contribution is -0.137. The molecule has 2 heterocycles. The van der Waals surface area contributed by atoms with Crippen LogP contribution in [0.3, 0.4) is 0 Å². The van der Waals surface area contributed by atoms with Crippen molar-refractivity contribution in [1.82, 2.24) is 4.90 Å². The first-order chi connectivity index (χ1) is 23.1. The molecule has 2 fully saturated rings. The second kappa shape index (κ2) is 14.4. The van der Waals surface area contributed by atoms with Crippen molar-refractivity contribution in [3.8, 4) is 16.9 Å². The van der Waals surface area contributed by atoms with Crippen LogP contribution in [0.5, 0.6) is 5.75 Å². The third-order valence-electron chi connectivity index (χ3n) is 8.33. The molecule has 3 N–H and O–H groups in total. The quantitative estimate of drug-likeness (QED) is 0.286. The van der Waals surface area contributed by atoms with Crippen molar-refractivity contribution in [1.29, 1.82) is 0 Å². The molecular formula is C36H41F3N4O6. The lowest BCUT2D eigenvalue weighted by Crippen LogP contribution is -2.44. The van der Waals surface area contributed by atoms with Crippen LogP contribution in [0.25, 0.3) is 11.1 Å². The van der Waals surface area contributed by atoms with Crippen molar-refractivity contribution in [2.24, 2.45) is 5.73 Å². The van der Waals surface area contributed by atoms with E-state index in [1.807, 2.05) is 27.7 Å². The van der Waals surface area contributed by atoms with E-state index in [9.17, 15) is 27.6 Å². The number of ether oxygens (including phenoxy) is 3. The first-order valence-electron chi connectivity index (χ1n) is 16.1. The number of halogens is 3. The average molecular weight is 683 g/mol. The van der Waals surface area contributed by atoms with Crippen LogP contribution in [0.15, 0.2) is 54.6 Å². The lowest BCUT2D eigenvalue weighted by Gasteiger charge is -2.34. The highest BCUT2D eigenvalue weighted by Gasteiger charge is 2.33. The van der Waals surface area contributed by atoms with Crippen LogP contribution in [0.2, 0.25) is 0 Å². The number of alkyl halides is 3. The number of nitrogens with zero attached hydrogens (tertiary/aromatic N) is 2. The van der Waals surface area contributed by atoms with Gasteiger partial charge in [-0.3, -0.25) is 9.59 Å². The van der Waals surface area contributed by atoms with Gasteiger partial charge in [0.1, 0.15) is 17.5 Å². The van der Waals surface area contributed by atoms with Gasteiger partial charge in [0.2, 0.25) is 5.91 Å².